The van der Waals surface area contributed by atoms with Gasteiger partial charge in [0.25, 0.3) is 5.91 Å². The topological polar surface area (TPSA) is 89.5 Å². The van der Waals surface area contributed by atoms with Crippen LogP contribution in [0.4, 0.5) is 5.13 Å². The molecule has 0 radical (unpaired) electrons. The van der Waals surface area contributed by atoms with Crippen molar-refractivity contribution >= 4 is 28.3 Å². The van der Waals surface area contributed by atoms with E-state index in [-0.39, 0.29) is 23.8 Å². The Kier molecular flexibility index (Phi) is 7.81. The minimum Gasteiger partial charge on any atom is -0.497 e. The van der Waals surface area contributed by atoms with Crippen LogP contribution < -0.4 is 15.4 Å². The molecule has 162 valence electrons. The number of nitrogens with one attached hydrogen (secondary N) is 2. The average molecular weight is 432 g/mol. The highest BCUT2D eigenvalue weighted by atomic mass is 32.1. The van der Waals surface area contributed by atoms with Crippen molar-refractivity contribution in [2.45, 2.75) is 51.6 Å². The van der Waals surface area contributed by atoms with Gasteiger partial charge in [-0.25, -0.2) is 4.98 Å². The summed E-state index contributed by atoms with van der Waals surface area (Å²) < 4.78 is 10.6. The maximum absolute atomic E-state index is 12.7. The number of ether oxygens (including phenoxy) is 2. The second-order valence-electron chi connectivity index (χ2n) is 7.52. The number of carbonyl (C=O) groups excluding carboxylic acids is 2. The van der Waals surface area contributed by atoms with Gasteiger partial charge in [0.05, 0.1) is 24.8 Å². The molecule has 2 N–H and O–H groups in total. The summed E-state index contributed by atoms with van der Waals surface area (Å²) in [6.45, 7) is 5.21. The second kappa shape index (κ2) is 10.5. The van der Waals surface area contributed by atoms with Crippen LogP contribution in [-0.2, 0) is 16.0 Å². The Balaban J connectivity index is 1.59. The first-order chi connectivity index (χ1) is 14.5. The molecule has 0 spiro atoms. The van der Waals surface area contributed by atoms with E-state index in [1.54, 1.807) is 31.4 Å². The van der Waals surface area contributed by atoms with Crippen molar-refractivity contribution in [2.24, 2.45) is 0 Å². The standard InChI is InChI=1S/C22H29N3O4S/c1-14(2)29-13-5-12-23-21(27)17-6-4-7-18-19(17)24-22(30-18)25-20(26)15-8-10-16(28-3)11-9-15/h8-11,14,17H,4-7,12-13H2,1-3H3,(H,23,27)(H,24,25,26). The molecular weight excluding hydrogens is 402 g/mol. The molecule has 1 aliphatic rings. The van der Waals surface area contributed by atoms with Crippen LogP contribution in [0.1, 0.15) is 60.0 Å². The summed E-state index contributed by atoms with van der Waals surface area (Å²) in [7, 11) is 1.58. The lowest BCUT2D eigenvalue weighted by atomic mass is 9.90. The summed E-state index contributed by atoms with van der Waals surface area (Å²) in [5.41, 5.74) is 1.33. The van der Waals surface area contributed by atoms with Gasteiger partial charge in [-0.1, -0.05) is 0 Å². The number of aromatic nitrogens is 1. The number of carbonyl (C=O) groups is 2. The van der Waals surface area contributed by atoms with Gasteiger partial charge in [0.2, 0.25) is 5.91 Å². The summed E-state index contributed by atoms with van der Waals surface area (Å²) >= 11 is 1.45. The number of hydrogen-bond donors (Lipinski definition) is 2. The van der Waals surface area contributed by atoms with E-state index < -0.39 is 0 Å². The Hall–Kier alpha value is -2.45. The van der Waals surface area contributed by atoms with Crippen LogP contribution in [0.15, 0.2) is 24.3 Å². The number of nitrogens with zero attached hydrogens (tertiary/aromatic N) is 1. The van der Waals surface area contributed by atoms with Gasteiger partial charge in [0, 0.05) is 23.6 Å². The first-order valence-corrected chi connectivity index (χ1v) is 11.1. The van der Waals surface area contributed by atoms with Gasteiger partial charge < -0.3 is 14.8 Å². The minimum absolute atomic E-state index is 0.00109. The first-order valence-electron chi connectivity index (χ1n) is 10.3. The lowest BCUT2D eigenvalue weighted by Crippen LogP contribution is -2.32. The van der Waals surface area contributed by atoms with Crippen LogP contribution in [0.3, 0.4) is 0 Å². The van der Waals surface area contributed by atoms with Crippen LogP contribution in [0.25, 0.3) is 0 Å². The maximum Gasteiger partial charge on any atom is 0.257 e. The fraction of sp³-hybridized carbons (Fsp3) is 0.500. The number of aryl methyl sites for hydroxylation is 1. The van der Waals surface area contributed by atoms with E-state index in [1.165, 1.54) is 11.3 Å². The number of hydrogen-bond acceptors (Lipinski definition) is 6. The zero-order chi connectivity index (χ0) is 21.5. The monoisotopic (exact) mass is 431 g/mol. The molecular formula is C22H29N3O4S. The fourth-order valence-electron chi connectivity index (χ4n) is 3.36. The van der Waals surface area contributed by atoms with Crippen molar-refractivity contribution in [3.8, 4) is 5.75 Å². The number of thiazole rings is 1. The third kappa shape index (κ3) is 5.79. The highest BCUT2D eigenvalue weighted by molar-refractivity contribution is 7.15. The van der Waals surface area contributed by atoms with Crippen LogP contribution in [0, 0.1) is 0 Å². The second-order valence-corrected chi connectivity index (χ2v) is 8.60. The zero-order valence-electron chi connectivity index (χ0n) is 17.7. The predicted molar refractivity (Wildman–Crippen MR) is 117 cm³/mol. The van der Waals surface area contributed by atoms with E-state index >= 15 is 0 Å². The Morgan fingerprint density at radius 1 is 1.27 bits per heavy atom. The molecule has 0 fully saturated rings. The van der Waals surface area contributed by atoms with E-state index in [9.17, 15) is 9.59 Å². The smallest absolute Gasteiger partial charge is 0.257 e. The third-order valence-electron chi connectivity index (χ3n) is 4.91. The van der Waals surface area contributed by atoms with Gasteiger partial charge in [-0.05, 0) is 63.8 Å². The van der Waals surface area contributed by atoms with Gasteiger partial charge in [-0.3, -0.25) is 14.9 Å². The molecule has 2 aromatic rings. The van der Waals surface area contributed by atoms with Crippen LogP contribution in [-0.4, -0.2) is 43.2 Å². The Bertz CT molecular complexity index is 864. The summed E-state index contributed by atoms with van der Waals surface area (Å²) in [6.07, 6.45) is 3.58. The van der Waals surface area contributed by atoms with Crippen LogP contribution >= 0.6 is 11.3 Å². The van der Waals surface area contributed by atoms with Gasteiger partial charge in [-0.2, -0.15) is 0 Å². The predicted octanol–water partition coefficient (Wildman–Crippen LogP) is 3.76. The molecule has 1 aromatic carbocycles. The summed E-state index contributed by atoms with van der Waals surface area (Å²) in [5.74, 6) is 0.206. The number of rotatable bonds is 9. The quantitative estimate of drug-likeness (QED) is 0.590. The van der Waals surface area contributed by atoms with Crippen molar-refractivity contribution in [3.05, 3.63) is 40.4 Å². The summed E-state index contributed by atoms with van der Waals surface area (Å²) in [4.78, 5) is 30.9. The number of benzene rings is 1. The summed E-state index contributed by atoms with van der Waals surface area (Å²) in [5, 5.41) is 6.40. The average Bonchev–Trinajstić information content (AvgIpc) is 3.15. The number of anilines is 1. The van der Waals surface area contributed by atoms with Crippen molar-refractivity contribution in [3.63, 3.8) is 0 Å². The largest absolute Gasteiger partial charge is 0.497 e. The van der Waals surface area contributed by atoms with E-state index in [1.807, 2.05) is 13.8 Å². The lowest BCUT2D eigenvalue weighted by Gasteiger charge is -2.20. The summed E-state index contributed by atoms with van der Waals surface area (Å²) in [6, 6.07) is 6.91. The Morgan fingerprint density at radius 3 is 2.73 bits per heavy atom. The fourth-order valence-corrected chi connectivity index (χ4v) is 4.42. The van der Waals surface area contributed by atoms with Crippen molar-refractivity contribution in [2.75, 3.05) is 25.6 Å². The molecule has 1 heterocycles. The minimum atomic E-state index is -0.261. The van der Waals surface area contributed by atoms with E-state index in [4.69, 9.17) is 9.47 Å². The van der Waals surface area contributed by atoms with Crippen molar-refractivity contribution in [1.29, 1.82) is 0 Å². The number of fused-ring (bicyclic) bond motifs is 1. The van der Waals surface area contributed by atoms with Crippen molar-refractivity contribution in [1.82, 2.24) is 10.3 Å². The van der Waals surface area contributed by atoms with Gasteiger partial charge in [0.15, 0.2) is 5.13 Å². The maximum atomic E-state index is 12.7. The van der Waals surface area contributed by atoms with Gasteiger partial charge >= 0.3 is 0 Å². The van der Waals surface area contributed by atoms with Gasteiger partial charge in [0.1, 0.15) is 5.75 Å². The molecule has 0 aliphatic heterocycles. The van der Waals surface area contributed by atoms with Crippen LogP contribution in [0.2, 0.25) is 0 Å². The molecule has 1 atom stereocenters. The van der Waals surface area contributed by atoms with Gasteiger partial charge in [-0.15, -0.1) is 11.3 Å². The molecule has 0 bridgehead atoms. The van der Waals surface area contributed by atoms with E-state index in [2.05, 4.69) is 15.6 Å². The Labute approximate surface area is 181 Å². The SMILES string of the molecule is COc1ccc(C(=O)Nc2nc3c(s2)CCCC3C(=O)NCCCOC(C)C)cc1. The molecule has 1 unspecified atom stereocenters. The molecule has 7 nitrogen and oxygen atoms in total. The number of amides is 2. The lowest BCUT2D eigenvalue weighted by molar-refractivity contribution is -0.123. The molecule has 1 aromatic heterocycles. The molecule has 0 saturated heterocycles. The molecule has 0 saturated carbocycles. The number of methoxy groups -OCH3 is 1. The first kappa shape index (κ1) is 22.2. The highest BCUT2D eigenvalue weighted by Gasteiger charge is 2.30. The normalized spacial score (nSPS) is 15.5. The zero-order valence-corrected chi connectivity index (χ0v) is 18.5. The molecule has 30 heavy (non-hydrogen) atoms. The van der Waals surface area contributed by atoms with E-state index in [0.29, 0.717) is 29.6 Å². The Morgan fingerprint density at radius 2 is 2.03 bits per heavy atom. The van der Waals surface area contributed by atoms with Crippen LogP contribution in [0.5, 0.6) is 5.75 Å². The molecule has 2 amide bonds. The molecule has 1 aliphatic carbocycles. The highest BCUT2D eigenvalue weighted by Crippen LogP contribution is 2.37. The molecule has 8 heteroatoms. The van der Waals surface area contributed by atoms with E-state index in [0.717, 1.165) is 36.3 Å². The third-order valence-corrected chi connectivity index (χ3v) is 5.96. The molecule has 3 rings (SSSR count). The van der Waals surface area contributed by atoms with Crippen molar-refractivity contribution < 1.29 is 19.1 Å².